The number of halogens is 2. The third-order valence-corrected chi connectivity index (χ3v) is 6.21. The molecule has 0 unspecified atom stereocenters. The predicted octanol–water partition coefficient (Wildman–Crippen LogP) is 4.67. The van der Waals surface area contributed by atoms with Gasteiger partial charge in [-0.1, -0.05) is 23.7 Å². The Kier molecular flexibility index (Phi) is 4.30. The van der Waals surface area contributed by atoms with E-state index in [9.17, 15) is 14.4 Å². The maximum atomic E-state index is 13.3. The molecule has 1 amide bonds. The normalized spacial score (nSPS) is 16.4. The van der Waals surface area contributed by atoms with Crippen LogP contribution in [0.3, 0.4) is 0 Å². The van der Waals surface area contributed by atoms with Gasteiger partial charge in [-0.25, -0.2) is 4.39 Å². The second-order valence-corrected chi connectivity index (χ2v) is 7.94. The Balaban J connectivity index is 1.45. The summed E-state index contributed by atoms with van der Waals surface area (Å²) in [6, 6.07) is 17.5. The molecule has 3 aromatic rings. The van der Waals surface area contributed by atoms with Crippen LogP contribution >= 0.6 is 11.6 Å². The van der Waals surface area contributed by atoms with E-state index in [0.29, 0.717) is 37.2 Å². The highest BCUT2D eigenvalue weighted by Crippen LogP contribution is 2.46. The summed E-state index contributed by atoms with van der Waals surface area (Å²) < 4.78 is 21.8. The number of hydrogen-bond donors (Lipinski definition) is 0. The monoisotopic (exact) mass is 421 g/mol. The Labute approximate surface area is 177 Å². The molecule has 1 saturated heterocycles. The minimum Gasteiger partial charge on any atom is -0.479 e. The molecule has 0 bridgehead atoms. The number of likely N-dealkylation sites (tertiary alicyclic amines) is 1. The topological polar surface area (TPSA) is 58.3 Å². The lowest BCUT2D eigenvalue weighted by Crippen LogP contribution is -2.50. The van der Waals surface area contributed by atoms with Gasteiger partial charge in [0.05, 0.1) is 22.0 Å². The van der Waals surface area contributed by atoms with Gasteiger partial charge in [0.15, 0.2) is 5.60 Å². The number of carbonyl (C=O) groups excluding carboxylic acids is 1. The van der Waals surface area contributed by atoms with Crippen molar-refractivity contribution >= 4 is 17.5 Å². The molecule has 2 aromatic carbocycles. The molecule has 0 radical (unpaired) electrons. The number of benzene rings is 2. The summed E-state index contributed by atoms with van der Waals surface area (Å²) in [4.78, 5) is 14.6. The summed E-state index contributed by atoms with van der Waals surface area (Å²) in [5.74, 6) is 0.0238. The maximum Gasteiger partial charge on any atom is 0.255 e. The SMILES string of the molecule is N#Cc1ccc2n1-c1ccccc1OC21CCN(C(=O)c2ccc(F)cc2Cl)CC1. The number of ether oxygens (including phenoxy) is 1. The van der Waals surface area contributed by atoms with Crippen LogP contribution in [0, 0.1) is 17.1 Å². The number of carbonyl (C=O) groups is 1. The molecule has 5 nitrogen and oxygen atoms in total. The van der Waals surface area contributed by atoms with Crippen LogP contribution in [0.2, 0.25) is 5.02 Å². The van der Waals surface area contributed by atoms with Gasteiger partial charge in [-0.3, -0.25) is 9.36 Å². The second kappa shape index (κ2) is 6.89. The van der Waals surface area contributed by atoms with Crippen molar-refractivity contribution in [1.29, 1.82) is 5.26 Å². The fourth-order valence-corrected chi connectivity index (χ4v) is 4.64. The van der Waals surface area contributed by atoms with Crippen molar-refractivity contribution in [2.45, 2.75) is 18.4 Å². The minimum atomic E-state index is -0.618. The average Bonchev–Trinajstić information content (AvgIpc) is 3.20. The third-order valence-electron chi connectivity index (χ3n) is 5.89. The molecule has 1 fully saturated rings. The standard InChI is InChI=1S/C23H17ClFN3O2/c24-18-13-15(25)5-7-17(18)22(29)27-11-9-23(10-12-27)21-8-6-16(14-26)28(21)19-3-1-2-4-20(19)30-23/h1-8,13H,9-12H2. The molecule has 3 heterocycles. The number of aromatic nitrogens is 1. The highest BCUT2D eigenvalue weighted by atomic mass is 35.5. The lowest BCUT2D eigenvalue weighted by molar-refractivity contribution is -0.00936. The molecule has 2 aliphatic heterocycles. The van der Waals surface area contributed by atoms with Gasteiger partial charge in [0, 0.05) is 25.9 Å². The fourth-order valence-electron chi connectivity index (χ4n) is 4.39. The predicted molar refractivity (Wildman–Crippen MR) is 109 cm³/mol. The van der Waals surface area contributed by atoms with Crippen LogP contribution in [0.25, 0.3) is 5.69 Å². The summed E-state index contributed by atoms with van der Waals surface area (Å²) in [6.45, 7) is 0.920. The fraction of sp³-hybridized carbons (Fsp3) is 0.217. The summed E-state index contributed by atoms with van der Waals surface area (Å²) in [5, 5.41) is 9.68. The number of rotatable bonds is 1. The first kappa shape index (κ1) is 18.7. The number of amides is 1. The number of hydrogen-bond acceptors (Lipinski definition) is 3. The maximum absolute atomic E-state index is 13.3. The Hall–Kier alpha value is -3.30. The van der Waals surface area contributed by atoms with Crippen molar-refractivity contribution in [2.24, 2.45) is 0 Å². The van der Waals surface area contributed by atoms with Crippen molar-refractivity contribution in [3.63, 3.8) is 0 Å². The van der Waals surface area contributed by atoms with Gasteiger partial charge in [0.1, 0.15) is 23.3 Å². The van der Waals surface area contributed by atoms with E-state index in [1.54, 1.807) is 11.0 Å². The van der Waals surface area contributed by atoms with Crippen LogP contribution in [-0.2, 0) is 5.60 Å². The highest BCUT2D eigenvalue weighted by Gasteiger charge is 2.45. The molecule has 0 aliphatic carbocycles. The lowest BCUT2D eigenvalue weighted by atomic mass is 9.86. The molecule has 30 heavy (non-hydrogen) atoms. The highest BCUT2D eigenvalue weighted by molar-refractivity contribution is 6.33. The molecule has 2 aliphatic rings. The lowest BCUT2D eigenvalue weighted by Gasteiger charge is -2.45. The molecule has 1 aromatic heterocycles. The Morgan fingerprint density at radius 3 is 2.63 bits per heavy atom. The van der Waals surface area contributed by atoms with Crippen LogP contribution in [0.15, 0.2) is 54.6 Å². The van der Waals surface area contributed by atoms with Crippen LogP contribution in [0.1, 0.15) is 34.6 Å². The molecule has 150 valence electrons. The zero-order valence-electron chi connectivity index (χ0n) is 15.9. The average molecular weight is 422 g/mol. The van der Waals surface area contributed by atoms with E-state index in [1.165, 1.54) is 12.1 Å². The van der Waals surface area contributed by atoms with Crippen molar-refractivity contribution in [3.05, 3.63) is 82.4 Å². The van der Waals surface area contributed by atoms with Gasteiger partial charge in [0.25, 0.3) is 5.91 Å². The molecule has 0 atom stereocenters. The number of para-hydroxylation sites is 2. The van der Waals surface area contributed by atoms with Crippen LogP contribution in [0.4, 0.5) is 4.39 Å². The van der Waals surface area contributed by atoms with Crippen LogP contribution < -0.4 is 4.74 Å². The first-order chi connectivity index (χ1) is 14.5. The van der Waals surface area contributed by atoms with Gasteiger partial charge >= 0.3 is 0 Å². The largest absolute Gasteiger partial charge is 0.479 e. The number of nitriles is 1. The van der Waals surface area contributed by atoms with Gasteiger partial charge in [-0.05, 0) is 42.5 Å². The van der Waals surface area contributed by atoms with E-state index in [2.05, 4.69) is 6.07 Å². The Bertz CT molecular complexity index is 1210. The van der Waals surface area contributed by atoms with Crippen molar-refractivity contribution in [1.82, 2.24) is 9.47 Å². The summed E-state index contributed by atoms with van der Waals surface area (Å²) in [6.07, 6.45) is 1.14. The van der Waals surface area contributed by atoms with Crippen LogP contribution in [-0.4, -0.2) is 28.5 Å². The summed E-state index contributed by atoms with van der Waals surface area (Å²) in [5.41, 5.74) is 1.99. The molecule has 7 heteroatoms. The van der Waals surface area contributed by atoms with E-state index < -0.39 is 11.4 Å². The van der Waals surface area contributed by atoms with Gasteiger partial charge < -0.3 is 9.64 Å². The minimum absolute atomic E-state index is 0.107. The quantitative estimate of drug-likeness (QED) is 0.574. The number of nitrogens with zero attached hydrogens (tertiary/aromatic N) is 3. The Morgan fingerprint density at radius 2 is 1.90 bits per heavy atom. The van der Waals surface area contributed by atoms with Gasteiger partial charge in [-0.2, -0.15) is 5.26 Å². The van der Waals surface area contributed by atoms with E-state index in [0.717, 1.165) is 23.2 Å². The van der Waals surface area contributed by atoms with Crippen LogP contribution in [0.5, 0.6) is 5.75 Å². The first-order valence-electron chi connectivity index (χ1n) is 9.67. The van der Waals surface area contributed by atoms with Crippen molar-refractivity contribution in [2.75, 3.05) is 13.1 Å². The zero-order chi connectivity index (χ0) is 20.9. The zero-order valence-corrected chi connectivity index (χ0v) is 16.7. The molecular formula is C23H17ClFN3O2. The van der Waals surface area contributed by atoms with E-state index in [4.69, 9.17) is 16.3 Å². The van der Waals surface area contributed by atoms with Crippen molar-refractivity contribution in [3.8, 4) is 17.5 Å². The molecule has 1 spiro atoms. The van der Waals surface area contributed by atoms with E-state index in [-0.39, 0.29) is 10.9 Å². The molecule has 0 saturated carbocycles. The molecular weight excluding hydrogens is 405 g/mol. The van der Waals surface area contributed by atoms with E-state index >= 15 is 0 Å². The summed E-state index contributed by atoms with van der Waals surface area (Å²) in [7, 11) is 0. The van der Waals surface area contributed by atoms with E-state index in [1.807, 2.05) is 34.9 Å². The van der Waals surface area contributed by atoms with Gasteiger partial charge in [-0.15, -0.1) is 0 Å². The molecule has 0 N–H and O–H groups in total. The first-order valence-corrected chi connectivity index (χ1v) is 10.1. The smallest absolute Gasteiger partial charge is 0.255 e. The molecule has 5 rings (SSSR count). The van der Waals surface area contributed by atoms with Gasteiger partial charge in [0.2, 0.25) is 0 Å². The second-order valence-electron chi connectivity index (χ2n) is 7.53. The Morgan fingerprint density at radius 1 is 1.13 bits per heavy atom. The third kappa shape index (κ3) is 2.78. The summed E-state index contributed by atoms with van der Waals surface area (Å²) >= 11 is 6.08. The number of fused-ring (bicyclic) bond motifs is 4. The number of piperidine rings is 1. The van der Waals surface area contributed by atoms with Crippen molar-refractivity contribution < 1.29 is 13.9 Å².